The van der Waals surface area contributed by atoms with Gasteiger partial charge in [0, 0.05) is 17.8 Å². The number of nitrogens with zero attached hydrogens (tertiary/aromatic N) is 1. The molecular formula is C15H15N3O3. The van der Waals surface area contributed by atoms with E-state index in [1.165, 1.54) is 18.2 Å². The van der Waals surface area contributed by atoms with E-state index in [4.69, 9.17) is 5.73 Å². The second kappa shape index (κ2) is 6.62. The van der Waals surface area contributed by atoms with Crippen LogP contribution in [0.15, 0.2) is 54.6 Å². The lowest BCUT2D eigenvalue weighted by Crippen LogP contribution is -2.37. The largest absolute Gasteiger partial charge is 0.324 e. The van der Waals surface area contributed by atoms with E-state index in [2.05, 4.69) is 5.32 Å². The maximum absolute atomic E-state index is 12.0. The molecule has 0 fully saturated rings. The van der Waals surface area contributed by atoms with Gasteiger partial charge in [-0.25, -0.2) is 0 Å². The Morgan fingerprint density at radius 2 is 1.90 bits per heavy atom. The quantitative estimate of drug-likeness (QED) is 0.649. The lowest BCUT2D eigenvalue weighted by atomic mass is 10.1. The first-order chi connectivity index (χ1) is 10.1. The topological polar surface area (TPSA) is 98.3 Å². The Labute approximate surface area is 121 Å². The van der Waals surface area contributed by atoms with E-state index in [-0.39, 0.29) is 11.6 Å². The third-order valence-corrected chi connectivity index (χ3v) is 2.96. The average Bonchev–Trinajstić information content (AvgIpc) is 2.48. The van der Waals surface area contributed by atoms with E-state index < -0.39 is 11.0 Å². The smallest absolute Gasteiger partial charge is 0.271 e. The molecule has 0 radical (unpaired) electrons. The zero-order valence-corrected chi connectivity index (χ0v) is 11.2. The molecule has 0 heterocycles. The number of nitrogens with two attached hydrogens (primary N) is 1. The number of nitro benzene ring substituents is 1. The Balaban J connectivity index is 2.00. The standard InChI is InChI=1S/C15H15N3O3/c16-14(9-11-5-2-1-3-6-11)15(19)17-12-7-4-8-13(10-12)18(20)21/h1-8,10,14H,9,16H2,(H,17,19)/t14-/m0/s1. The fourth-order valence-electron chi connectivity index (χ4n) is 1.89. The van der Waals surface area contributed by atoms with Crippen LogP contribution in [0.1, 0.15) is 5.56 Å². The molecular weight excluding hydrogens is 270 g/mol. The second-order valence-corrected chi connectivity index (χ2v) is 4.59. The van der Waals surface area contributed by atoms with Crippen LogP contribution in [0.2, 0.25) is 0 Å². The molecule has 3 N–H and O–H groups in total. The van der Waals surface area contributed by atoms with Crippen molar-refractivity contribution in [3.63, 3.8) is 0 Å². The lowest BCUT2D eigenvalue weighted by Gasteiger charge is -2.12. The highest BCUT2D eigenvalue weighted by Gasteiger charge is 2.15. The van der Waals surface area contributed by atoms with Gasteiger partial charge in [-0.15, -0.1) is 0 Å². The molecule has 0 spiro atoms. The SMILES string of the molecule is N[C@@H](Cc1ccccc1)C(=O)Nc1cccc([N+](=O)[O-])c1. The van der Waals surface area contributed by atoms with Gasteiger partial charge in [-0.05, 0) is 18.1 Å². The van der Waals surface area contributed by atoms with Crippen molar-refractivity contribution in [2.45, 2.75) is 12.5 Å². The first-order valence-corrected chi connectivity index (χ1v) is 6.41. The molecule has 0 aliphatic heterocycles. The molecule has 2 aromatic rings. The normalized spacial score (nSPS) is 11.7. The van der Waals surface area contributed by atoms with Crippen LogP contribution >= 0.6 is 0 Å². The number of hydrogen-bond acceptors (Lipinski definition) is 4. The summed E-state index contributed by atoms with van der Waals surface area (Å²) in [5.41, 5.74) is 7.09. The molecule has 2 aromatic carbocycles. The molecule has 0 aromatic heterocycles. The summed E-state index contributed by atoms with van der Waals surface area (Å²) >= 11 is 0. The average molecular weight is 285 g/mol. The summed E-state index contributed by atoms with van der Waals surface area (Å²) in [7, 11) is 0. The molecule has 0 bridgehead atoms. The van der Waals surface area contributed by atoms with Gasteiger partial charge in [-0.3, -0.25) is 14.9 Å². The summed E-state index contributed by atoms with van der Waals surface area (Å²) in [6, 6.07) is 14.5. The maximum atomic E-state index is 12.0. The van der Waals surface area contributed by atoms with E-state index in [0.29, 0.717) is 12.1 Å². The highest BCUT2D eigenvalue weighted by atomic mass is 16.6. The summed E-state index contributed by atoms with van der Waals surface area (Å²) in [5.74, 6) is -0.376. The number of carbonyl (C=O) groups excluding carboxylic acids is 1. The van der Waals surface area contributed by atoms with Crippen molar-refractivity contribution in [1.82, 2.24) is 0 Å². The molecule has 1 amide bonds. The van der Waals surface area contributed by atoms with Gasteiger partial charge in [-0.2, -0.15) is 0 Å². The minimum absolute atomic E-state index is 0.0792. The van der Waals surface area contributed by atoms with Crippen molar-refractivity contribution >= 4 is 17.3 Å². The van der Waals surface area contributed by atoms with E-state index in [1.807, 2.05) is 30.3 Å². The van der Waals surface area contributed by atoms with Crippen LogP contribution in [0.25, 0.3) is 0 Å². The van der Waals surface area contributed by atoms with Gasteiger partial charge in [-0.1, -0.05) is 36.4 Å². The first kappa shape index (κ1) is 14.7. The summed E-state index contributed by atoms with van der Waals surface area (Å²) in [6.45, 7) is 0. The van der Waals surface area contributed by atoms with Gasteiger partial charge in [0.2, 0.25) is 5.91 Å². The van der Waals surface area contributed by atoms with E-state index in [9.17, 15) is 14.9 Å². The molecule has 0 saturated carbocycles. The molecule has 21 heavy (non-hydrogen) atoms. The summed E-state index contributed by atoms with van der Waals surface area (Å²) in [6.07, 6.45) is 0.404. The fourth-order valence-corrected chi connectivity index (χ4v) is 1.89. The summed E-state index contributed by atoms with van der Waals surface area (Å²) in [5, 5.41) is 13.3. The second-order valence-electron chi connectivity index (χ2n) is 4.59. The van der Waals surface area contributed by atoms with Crippen LogP contribution in [0.4, 0.5) is 11.4 Å². The highest BCUT2D eigenvalue weighted by Crippen LogP contribution is 2.17. The van der Waals surface area contributed by atoms with Gasteiger partial charge in [0.15, 0.2) is 0 Å². The zero-order valence-electron chi connectivity index (χ0n) is 11.2. The molecule has 1 atom stereocenters. The summed E-state index contributed by atoms with van der Waals surface area (Å²) < 4.78 is 0. The number of amides is 1. The zero-order chi connectivity index (χ0) is 15.2. The van der Waals surface area contributed by atoms with Crippen molar-refractivity contribution < 1.29 is 9.72 Å². The van der Waals surface area contributed by atoms with Crippen molar-refractivity contribution in [2.75, 3.05) is 5.32 Å². The molecule has 0 aliphatic rings. The Morgan fingerprint density at radius 1 is 1.19 bits per heavy atom. The number of benzene rings is 2. The minimum atomic E-state index is -0.716. The molecule has 0 saturated heterocycles. The van der Waals surface area contributed by atoms with Crippen LogP contribution in [0.3, 0.4) is 0 Å². The van der Waals surface area contributed by atoms with Crippen molar-refractivity contribution in [1.29, 1.82) is 0 Å². The van der Waals surface area contributed by atoms with E-state index >= 15 is 0 Å². The third kappa shape index (κ3) is 4.12. The predicted molar refractivity (Wildman–Crippen MR) is 79.8 cm³/mol. The highest BCUT2D eigenvalue weighted by molar-refractivity contribution is 5.95. The molecule has 108 valence electrons. The number of anilines is 1. The summed E-state index contributed by atoms with van der Waals surface area (Å²) in [4.78, 5) is 22.2. The molecule has 0 unspecified atom stereocenters. The fraction of sp³-hybridized carbons (Fsp3) is 0.133. The number of non-ortho nitro benzene ring substituents is 1. The minimum Gasteiger partial charge on any atom is -0.324 e. The Bertz CT molecular complexity index is 644. The van der Waals surface area contributed by atoms with Gasteiger partial charge in [0.25, 0.3) is 5.69 Å². The van der Waals surface area contributed by atoms with Crippen LogP contribution in [-0.4, -0.2) is 16.9 Å². The third-order valence-electron chi connectivity index (χ3n) is 2.96. The van der Waals surface area contributed by atoms with Crippen LogP contribution in [0.5, 0.6) is 0 Å². The Morgan fingerprint density at radius 3 is 2.57 bits per heavy atom. The molecule has 6 nitrogen and oxygen atoms in total. The van der Waals surface area contributed by atoms with Crippen molar-refractivity contribution in [3.05, 3.63) is 70.3 Å². The van der Waals surface area contributed by atoms with Crippen molar-refractivity contribution in [2.24, 2.45) is 5.73 Å². The number of carbonyl (C=O) groups is 1. The lowest BCUT2D eigenvalue weighted by molar-refractivity contribution is -0.384. The molecule has 0 aliphatic carbocycles. The van der Waals surface area contributed by atoms with Gasteiger partial charge in [0.05, 0.1) is 11.0 Å². The van der Waals surface area contributed by atoms with Crippen LogP contribution in [-0.2, 0) is 11.2 Å². The van der Waals surface area contributed by atoms with Crippen LogP contribution in [0, 0.1) is 10.1 Å². The number of rotatable bonds is 5. The Hall–Kier alpha value is -2.73. The number of nitrogens with one attached hydrogen (secondary N) is 1. The first-order valence-electron chi connectivity index (χ1n) is 6.41. The van der Waals surface area contributed by atoms with Gasteiger partial charge >= 0.3 is 0 Å². The number of nitro groups is 1. The molecule has 2 rings (SSSR count). The van der Waals surface area contributed by atoms with Crippen LogP contribution < -0.4 is 11.1 Å². The monoisotopic (exact) mass is 285 g/mol. The molecule has 6 heteroatoms. The maximum Gasteiger partial charge on any atom is 0.271 e. The number of hydrogen-bond donors (Lipinski definition) is 2. The van der Waals surface area contributed by atoms with Crippen molar-refractivity contribution in [3.8, 4) is 0 Å². The van der Waals surface area contributed by atoms with E-state index in [0.717, 1.165) is 5.56 Å². The Kier molecular flexibility index (Phi) is 4.63. The van der Waals surface area contributed by atoms with Gasteiger partial charge < -0.3 is 11.1 Å². The van der Waals surface area contributed by atoms with E-state index in [1.54, 1.807) is 6.07 Å². The van der Waals surface area contributed by atoms with Gasteiger partial charge in [0.1, 0.15) is 0 Å². The predicted octanol–water partition coefficient (Wildman–Crippen LogP) is 2.10.